The maximum atomic E-state index is 14.3. The fourth-order valence-corrected chi connectivity index (χ4v) is 6.42. The first-order valence-electron chi connectivity index (χ1n) is 10.9. The molecule has 0 unspecified atom stereocenters. The minimum absolute atomic E-state index is 0.137. The van der Waals surface area contributed by atoms with Crippen LogP contribution >= 0.6 is 11.8 Å². The van der Waals surface area contributed by atoms with Gasteiger partial charge in [0, 0.05) is 22.4 Å². The van der Waals surface area contributed by atoms with Gasteiger partial charge in [0.2, 0.25) is 5.91 Å². The topological polar surface area (TPSA) is 70.4 Å². The first-order valence-corrected chi connectivity index (χ1v) is 11.9. The molecule has 1 fully saturated rings. The summed E-state index contributed by atoms with van der Waals surface area (Å²) in [4.78, 5) is 30.3. The summed E-state index contributed by atoms with van der Waals surface area (Å²) < 4.78 is 5.30. The van der Waals surface area contributed by atoms with Gasteiger partial charge in [-0.2, -0.15) is 5.26 Å². The van der Waals surface area contributed by atoms with Crippen molar-refractivity contribution in [3.05, 3.63) is 108 Å². The number of nitrogens with zero attached hydrogens (tertiary/aromatic N) is 2. The summed E-state index contributed by atoms with van der Waals surface area (Å²) in [5, 5.41) is 10.8. The van der Waals surface area contributed by atoms with E-state index >= 15 is 0 Å². The maximum Gasteiger partial charge on any atom is 0.323 e. The molecule has 3 aromatic carbocycles. The largest absolute Gasteiger partial charge is 0.468 e. The molecule has 5 rings (SSSR count). The van der Waals surface area contributed by atoms with Crippen molar-refractivity contribution in [2.24, 2.45) is 5.41 Å². The van der Waals surface area contributed by atoms with E-state index in [1.54, 1.807) is 6.20 Å². The van der Waals surface area contributed by atoms with E-state index in [4.69, 9.17) is 4.74 Å². The SMILES string of the molecule is COC(=O)[C@]1(CSc2ccccc2)C(=O)N2C=Cc3ccccc3[C@@]2(C#N)[C@@H]1c1ccccc1. The smallest absolute Gasteiger partial charge is 0.323 e. The summed E-state index contributed by atoms with van der Waals surface area (Å²) in [5.74, 6) is -1.71. The lowest BCUT2D eigenvalue weighted by Crippen LogP contribution is -2.46. The molecule has 0 radical (unpaired) electrons. The monoisotopic (exact) mass is 466 g/mol. The van der Waals surface area contributed by atoms with Crippen LogP contribution in [0.5, 0.6) is 0 Å². The van der Waals surface area contributed by atoms with Crippen LogP contribution in [0.15, 0.2) is 96.0 Å². The molecule has 0 saturated carbocycles. The molecule has 1 amide bonds. The Morgan fingerprint density at radius 1 is 1.03 bits per heavy atom. The van der Waals surface area contributed by atoms with Gasteiger partial charge in [-0.25, -0.2) is 0 Å². The van der Waals surface area contributed by atoms with Gasteiger partial charge in [0.05, 0.1) is 19.1 Å². The Morgan fingerprint density at radius 2 is 1.68 bits per heavy atom. The first kappa shape index (κ1) is 22.0. The van der Waals surface area contributed by atoms with Crippen molar-refractivity contribution >= 4 is 29.7 Å². The zero-order valence-corrected chi connectivity index (χ0v) is 19.4. The van der Waals surface area contributed by atoms with E-state index < -0.39 is 28.7 Å². The average Bonchev–Trinajstić information content (AvgIpc) is 3.14. The minimum Gasteiger partial charge on any atom is -0.468 e. The standard InChI is InChI=1S/C28H22N2O3S/c1-33-26(32)27(19-34-22-13-6-3-7-14-22)24(21-11-4-2-5-12-21)28(18-29)23-15-9-8-10-20(23)16-17-30(28)25(27)31/h2-17,24H,19H2,1H3/t24-,27+,28+/m1/s1. The second-order valence-corrected chi connectivity index (χ2v) is 9.41. The number of hydrogen-bond acceptors (Lipinski definition) is 5. The van der Waals surface area contributed by atoms with Crippen LogP contribution in [0.1, 0.15) is 22.6 Å². The number of amides is 1. The molecule has 0 bridgehead atoms. The first-order chi connectivity index (χ1) is 16.6. The number of benzene rings is 3. The average molecular weight is 467 g/mol. The van der Waals surface area contributed by atoms with E-state index in [0.29, 0.717) is 5.56 Å². The molecule has 0 spiro atoms. The van der Waals surface area contributed by atoms with Crippen molar-refractivity contribution in [2.75, 3.05) is 12.9 Å². The number of fused-ring (bicyclic) bond motifs is 3. The highest BCUT2D eigenvalue weighted by Crippen LogP contribution is 2.61. The van der Waals surface area contributed by atoms with Gasteiger partial charge in [0.25, 0.3) is 0 Å². The second-order valence-electron chi connectivity index (χ2n) is 8.36. The van der Waals surface area contributed by atoms with Gasteiger partial charge in [-0.3, -0.25) is 14.5 Å². The zero-order chi connectivity index (χ0) is 23.8. The number of ether oxygens (including phenoxy) is 1. The number of carbonyl (C=O) groups is 2. The van der Waals surface area contributed by atoms with Gasteiger partial charge < -0.3 is 4.74 Å². The van der Waals surface area contributed by atoms with Crippen molar-refractivity contribution in [3.63, 3.8) is 0 Å². The summed E-state index contributed by atoms with van der Waals surface area (Å²) in [7, 11) is 1.30. The summed E-state index contributed by atoms with van der Waals surface area (Å²) in [6.45, 7) is 0. The molecule has 3 atom stereocenters. The molecule has 0 aliphatic carbocycles. The lowest BCUT2D eigenvalue weighted by molar-refractivity contribution is -0.157. The summed E-state index contributed by atoms with van der Waals surface area (Å²) in [5.41, 5.74) is -0.698. The molecule has 34 heavy (non-hydrogen) atoms. The van der Waals surface area contributed by atoms with Gasteiger partial charge >= 0.3 is 5.97 Å². The maximum absolute atomic E-state index is 14.3. The van der Waals surface area contributed by atoms with Crippen LogP contribution in [0.2, 0.25) is 0 Å². The zero-order valence-electron chi connectivity index (χ0n) is 18.5. The minimum atomic E-state index is -1.60. The molecule has 2 aliphatic heterocycles. The Labute approximate surface area is 202 Å². The highest BCUT2D eigenvalue weighted by molar-refractivity contribution is 7.99. The molecule has 2 heterocycles. The Kier molecular flexibility index (Phi) is 5.51. The third-order valence-electron chi connectivity index (χ3n) is 6.73. The lowest BCUT2D eigenvalue weighted by atomic mass is 9.64. The number of rotatable bonds is 5. The fraction of sp³-hybridized carbons (Fsp3) is 0.179. The van der Waals surface area contributed by atoms with Gasteiger partial charge in [0.15, 0.2) is 11.0 Å². The van der Waals surface area contributed by atoms with Crippen molar-refractivity contribution in [3.8, 4) is 6.07 Å². The van der Waals surface area contributed by atoms with Crippen LogP contribution in [0.4, 0.5) is 0 Å². The summed E-state index contributed by atoms with van der Waals surface area (Å²) in [6, 6.07) is 29.0. The number of esters is 1. The molecule has 0 aromatic heterocycles. The summed E-state index contributed by atoms with van der Waals surface area (Å²) >= 11 is 1.42. The molecule has 5 nitrogen and oxygen atoms in total. The van der Waals surface area contributed by atoms with E-state index in [1.165, 1.54) is 23.8 Å². The van der Waals surface area contributed by atoms with Crippen molar-refractivity contribution < 1.29 is 14.3 Å². The Morgan fingerprint density at radius 3 is 2.35 bits per heavy atom. The molecule has 0 N–H and O–H groups in total. The molecule has 1 saturated heterocycles. The van der Waals surface area contributed by atoms with E-state index in [0.717, 1.165) is 16.0 Å². The van der Waals surface area contributed by atoms with E-state index in [2.05, 4.69) is 6.07 Å². The lowest BCUT2D eigenvalue weighted by Gasteiger charge is -2.40. The quantitative estimate of drug-likeness (QED) is 0.302. The number of carbonyl (C=O) groups excluding carboxylic acids is 2. The molecule has 6 heteroatoms. The van der Waals surface area contributed by atoms with Crippen molar-refractivity contribution in [1.29, 1.82) is 5.26 Å². The second kappa shape index (κ2) is 8.51. The van der Waals surface area contributed by atoms with Gasteiger partial charge in [-0.05, 0) is 29.3 Å². The highest BCUT2D eigenvalue weighted by Gasteiger charge is 2.72. The van der Waals surface area contributed by atoms with E-state index in [9.17, 15) is 14.9 Å². The summed E-state index contributed by atoms with van der Waals surface area (Å²) in [6.07, 6.45) is 3.46. The Bertz CT molecular complexity index is 1320. The number of thioether (sulfide) groups is 1. The van der Waals surface area contributed by atoms with Crippen LogP contribution in [0.25, 0.3) is 6.08 Å². The molecular formula is C28H22N2O3S. The number of hydrogen-bond donors (Lipinski definition) is 0. The van der Waals surface area contributed by atoms with Crippen LogP contribution in [0.3, 0.4) is 0 Å². The predicted molar refractivity (Wildman–Crippen MR) is 130 cm³/mol. The third kappa shape index (κ3) is 3.01. The van der Waals surface area contributed by atoms with Gasteiger partial charge in [0.1, 0.15) is 0 Å². The fourth-order valence-electron chi connectivity index (χ4n) is 5.26. The van der Waals surface area contributed by atoms with Crippen LogP contribution in [0, 0.1) is 16.7 Å². The Balaban J connectivity index is 1.79. The van der Waals surface area contributed by atoms with E-state index in [1.807, 2.05) is 91.0 Å². The highest BCUT2D eigenvalue weighted by atomic mass is 32.2. The van der Waals surface area contributed by atoms with Crippen molar-refractivity contribution in [2.45, 2.75) is 16.4 Å². The van der Waals surface area contributed by atoms with E-state index in [-0.39, 0.29) is 5.75 Å². The number of nitriles is 1. The van der Waals surface area contributed by atoms with Crippen molar-refractivity contribution in [1.82, 2.24) is 4.90 Å². The molecule has 2 aliphatic rings. The van der Waals surface area contributed by atoms with Gasteiger partial charge in [-0.1, -0.05) is 72.8 Å². The Hall–Kier alpha value is -3.82. The van der Waals surface area contributed by atoms with Gasteiger partial charge in [-0.15, -0.1) is 11.8 Å². The molecule has 3 aromatic rings. The van der Waals surface area contributed by atoms with Crippen LogP contribution in [-0.2, 0) is 19.9 Å². The normalized spacial score (nSPS) is 24.8. The van der Waals surface area contributed by atoms with Crippen LogP contribution in [-0.4, -0.2) is 29.6 Å². The predicted octanol–water partition coefficient (Wildman–Crippen LogP) is 4.97. The van der Waals surface area contributed by atoms with Crippen LogP contribution < -0.4 is 0 Å². The molecule has 168 valence electrons. The molecular weight excluding hydrogens is 444 g/mol. The third-order valence-corrected chi connectivity index (χ3v) is 7.93. The number of methoxy groups -OCH3 is 1.